The lowest BCUT2D eigenvalue weighted by Crippen LogP contribution is -2.56. The molecule has 2 unspecified atom stereocenters. The Kier molecular flexibility index (Phi) is 7.87. The predicted molar refractivity (Wildman–Crippen MR) is 135 cm³/mol. The number of carbonyl (C=O) groups is 3. The molecule has 2 aromatic rings. The normalized spacial score (nSPS) is 21.2. The lowest BCUT2D eigenvalue weighted by molar-refractivity contribution is -0.139. The van der Waals surface area contributed by atoms with Crippen molar-refractivity contribution in [2.24, 2.45) is 0 Å². The van der Waals surface area contributed by atoms with Crippen LogP contribution >= 0.6 is 11.3 Å². The zero-order valence-corrected chi connectivity index (χ0v) is 21.2. The van der Waals surface area contributed by atoms with E-state index in [2.05, 4.69) is 10.2 Å². The van der Waals surface area contributed by atoms with Gasteiger partial charge < -0.3 is 15.0 Å². The van der Waals surface area contributed by atoms with Crippen molar-refractivity contribution in [3.05, 3.63) is 69.6 Å². The molecule has 2 atom stereocenters. The Morgan fingerprint density at radius 2 is 1.91 bits per heavy atom. The average Bonchev–Trinajstić information content (AvgIpc) is 3.39. The quantitative estimate of drug-likeness (QED) is 0.594. The molecule has 3 heterocycles. The summed E-state index contributed by atoms with van der Waals surface area (Å²) in [6, 6.07) is 10.4. The van der Waals surface area contributed by atoms with E-state index in [0.29, 0.717) is 49.6 Å². The summed E-state index contributed by atoms with van der Waals surface area (Å²) >= 11 is 1.52. The number of ether oxygens (including phenoxy) is 1. The lowest BCUT2D eigenvalue weighted by Gasteiger charge is -2.42. The van der Waals surface area contributed by atoms with E-state index in [-0.39, 0.29) is 24.6 Å². The minimum atomic E-state index is -0.552. The molecule has 2 aliphatic rings. The van der Waals surface area contributed by atoms with E-state index in [1.807, 2.05) is 65.9 Å². The second-order valence-electron chi connectivity index (χ2n) is 8.71. The van der Waals surface area contributed by atoms with E-state index in [1.54, 1.807) is 11.8 Å². The first-order valence-electron chi connectivity index (χ1n) is 12.0. The maximum atomic E-state index is 13.2. The van der Waals surface area contributed by atoms with Gasteiger partial charge in [0.15, 0.2) is 0 Å². The number of esters is 1. The highest BCUT2D eigenvalue weighted by Crippen LogP contribution is 2.33. The first-order chi connectivity index (χ1) is 16.9. The lowest BCUT2D eigenvalue weighted by atomic mass is 9.95. The molecule has 8 nitrogen and oxygen atoms in total. The van der Waals surface area contributed by atoms with Crippen LogP contribution in [0.15, 0.2) is 58.4 Å². The number of nitrogens with one attached hydrogen (secondary N) is 1. The van der Waals surface area contributed by atoms with E-state index < -0.39 is 12.0 Å². The first kappa shape index (κ1) is 24.9. The Bertz CT molecular complexity index is 1090. The fourth-order valence-electron chi connectivity index (χ4n) is 4.78. The number of thiophene rings is 1. The number of urea groups is 1. The molecule has 1 N–H and O–H groups in total. The SMILES string of the molecule is CCOC(=O)C1=C(CN2CCN(C(=O)c3ccccc3)C(C)C2)N(CC)C(=O)NC1c1ccsc1. The minimum Gasteiger partial charge on any atom is -0.463 e. The molecule has 9 heteroatoms. The average molecular weight is 497 g/mol. The van der Waals surface area contributed by atoms with E-state index >= 15 is 0 Å². The third-order valence-electron chi connectivity index (χ3n) is 6.49. The highest BCUT2D eigenvalue weighted by Gasteiger charge is 2.39. The van der Waals surface area contributed by atoms with Gasteiger partial charge in [-0.15, -0.1) is 0 Å². The van der Waals surface area contributed by atoms with Crippen molar-refractivity contribution in [1.29, 1.82) is 0 Å². The van der Waals surface area contributed by atoms with E-state index in [0.717, 1.165) is 5.56 Å². The zero-order chi connectivity index (χ0) is 24.9. The number of carbonyl (C=O) groups excluding carboxylic acids is 3. The number of benzene rings is 1. The van der Waals surface area contributed by atoms with Crippen LogP contribution in [0.2, 0.25) is 0 Å². The molecule has 0 aliphatic carbocycles. The summed E-state index contributed by atoms with van der Waals surface area (Å²) < 4.78 is 5.43. The van der Waals surface area contributed by atoms with E-state index in [9.17, 15) is 14.4 Å². The Hall–Kier alpha value is -3.17. The molecule has 4 rings (SSSR count). The van der Waals surface area contributed by atoms with Gasteiger partial charge in [0.25, 0.3) is 5.91 Å². The zero-order valence-electron chi connectivity index (χ0n) is 20.4. The summed E-state index contributed by atoms with van der Waals surface area (Å²) in [5.74, 6) is -0.392. The first-order valence-corrected chi connectivity index (χ1v) is 13.0. The van der Waals surface area contributed by atoms with Gasteiger partial charge in [0.1, 0.15) is 0 Å². The molecule has 1 aromatic heterocycles. The molecule has 1 fully saturated rings. The fraction of sp³-hybridized carbons (Fsp3) is 0.423. The van der Waals surface area contributed by atoms with Crippen molar-refractivity contribution in [2.45, 2.75) is 32.9 Å². The van der Waals surface area contributed by atoms with Crippen LogP contribution < -0.4 is 5.32 Å². The third kappa shape index (κ3) is 5.26. The molecule has 1 saturated heterocycles. The second-order valence-corrected chi connectivity index (χ2v) is 9.49. The van der Waals surface area contributed by atoms with Crippen LogP contribution in [0.1, 0.15) is 42.7 Å². The molecule has 2 aliphatic heterocycles. The molecule has 0 saturated carbocycles. The summed E-state index contributed by atoms with van der Waals surface area (Å²) in [6.07, 6.45) is 0. The van der Waals surface area contributed by atoms with E-state index in [4.69, 9.17) is 4.74 Å². The van der Waals surface area contributed by atoms with Crippen LogP contribution in [0.4, 0.5) is 4.79 Å². The molecule has 35 heavy (non-hydrogen) atoms. The van der Waals surface area contributed by atoms with Crippen molar-refractivity contribution in [3.63, 3.8) is 0 Å². The number of hydrogen-bond acceptors (Lipinski definition) is 6. The second kappa shape index (κ2) is 11.0. The predicted octanol–water partition coefficient (Wildman–Crippen LogP) is 3.50. The van der Waals surface area contributed by atoms with Crippen LogP contribution in [0.5, 0.6) is 0 Å². The third-order valence-corrected chi connectivity index (χ3v) is 7.19. The number of likely N-dealkylation sites (N-methyl/N-ethyl adjacent to an activating group) is 1. The van der Waals surface area contributed by atoms with Crippen LogP contribution in [-0.4, -0.2) is 78.0 Å². The van der Waals surface area contributed by atoms with Gasteiger partial charge in [0, 0.05) is 50.0 Å². The highest BCUT2D eigenvalue weighted by atomic mass is 32.1. The van der Waals surface area contributed by atoms with Gasteiger partial charge >= 0.3 is 12.0 Å². The number of hydrogen-bond donors (Lipinski definition) is 1. The molecule has 0 radical (unpaired) electrons. The van der Waals surface area contributed by atoms with E-state index in [1.165, 1.54) is 11.3 Å². The molecule has 3 amide bonds. The Balaban J connectivity index is 1.60. The van der Waals surface area contributed by atoms with Gasteiger partial charge in [-0.3, -0.25) is 14.6 Å². The van der Waals surface area contributed by atoms with Crippen molar-refractivity contribution in [3.8, 4) is 0 Å². The molecule has 0 spiro atoms. The number of nitrogens with zero attached hydrogens (tertiary/aromatic N) is 3. The molecular formula is C26H32N4O4S. The standard InChI is InChI=1S/C26H32N4O4S/c1-4-29-21(22(25(32)34-5-2)23(27-26(29)33)20-11-14-35-17-20)16-28-12-13-30(18(3)15-28)24(31)19-9-7-6-8-10-19/h6-11,14,17-18,23H,4-5,12-13,15-16H2,1-3H3,(H,27,33). The van der Waals surface area contributed by atoms with Gasteiger partial charge in [-0.05, 0) is 55.3 Å². The van der Waals surface area contributed by atoms with Gasteiger partial charge in [-0.25, -0.2) is 9.59 Å². The highest BCUT2D eigenvalue weighted by molar-refractivity contribution is 7.08. The maximum absolute atomic E-state index is 13.2. The topological polar surface area (TPSA) is 82.2 Å². The van der Waals surface area contributed by atoms with Crippen molar-refractivity contribution in [2.75, 3.05) is 39.3 Å². The largest absolute Gasteiger partial charge is 0.463 e. The van der Waals surface area contributed by atoms with Gasteiger partial charge in [-0.1, -0.05) is 18.2 Å². The van der Waals surface area contributed by atoms with Gasteiger partial charge in [0.2, 0.25) is 0 Å². The minimum absolute atomic E-state index is 0.0109. The van der Waals surface area contributed by atoms with Crippen LogP contribution in [0.25, 0.3) is 0 Å². The monoisotopic (exact) mass is 496 g/mol. The molecule has 186 valence electrons. The molecular weight excluding hydrogens is 464 g/mol. The summed E-state index contributed by atoms with van der Waals surface area (Å²) in [6.45, 7) is 8.68. The van der Waals surface area contributed by atoms with Crippen LogP contribution in [0.3, 0.4) is 0 Å². The van der Waals surface area contributed by atoms with Gasteiger partial charge in [-0.2, -0.15) is 11.3 Å². The molecule has 0 bridgehead atoms. The Morgan fingerprint density at radius 3 is 2.54 bits per heavy atom. The maximum Gasteiger partial charge on any atom is 0.338 e. The summed E-state index contributed by atoms with van der Waals surface area (Å²) in [5.41, 5.74) is 2.69. The number of rotatable bonds is 7. The summed E-state index contributed by atoms with van der Waals surface area (Å²) in [5, 5.41) is 6.86. The smallest absolute Gasteiger partial charge is 0.338 e. The fourth-order valence-corrected chi connectivity index (χ4v) is 5.47. The Morgan fingerprint density at radius 1 is 1.14 bits per heavy atom. The van der Waals surface area contributed by atoms with Crippen molar-refractivity contribution in [1.82, 2.24) is 20.0 Å². The van der Waals surface area contributed by atoms with Crippen molar-refractivity contribution < 1.29 is 19.1 Å². The van der Waals surface area contributed by atoms with Gasteiger partial charge in [0.05, 0.1) is 18.2 Å². The molecule has 1 aromatic carbocycles. The summed E-state index contributed by atoms with van der Waals surface area (Å²) in [4.78, 5) is 44.9. The number of piperazine rings is 1. The van der Waals surface area contributed by atoms with Crippen LogP contribution in [0, 0.1) is 0 Å². The van der Waals surface area contributed by atoms with Crippen LogP contribution in [-0.2, 0) is 9.53 Å². The number of amides is 3. The summed E-state index contributed by atoms with van der Waals surface area (Å²) in [7, 11) is 0. The van der Waals surface area contributed by atoms with Crippen molar-refractivity contribution >= 4 is 29.2 Å². The Labute approximate surface area is 210 Å².